The number of anilines is 1. The zero-order chi connectivity index (χ0) is 18.4. The maximum Gasteiger partial charge on any atom is 0.244 e. The summed E-state index contributed by atoms with van der Waals surface area (Å²) in [6.07, 6.45) is 0.716. The molecular formula is C18H17BrCl2N2O2. The van der Waals surface area contributed by atoms with E-state index in [1.54, 1.807) is 25.2 Å². The van der Waals surface area contributed by atoms with Crippen LogP contribution in [0.5, 0.6) is 0 Å². The number of nitrogens with one attached hydrogen (secondary N) is 1. The number of para-hydroxylation sites is 1. The van der Waals surface area contributed by atoms with Crippen molar-refractivity contribution in [3.8, 4) is 0 Å². The second kappa shape index (κ2) is 9.22. The third-order valence-corrected chi connectivity index (χ3v) is 5.14. The van der Waals surface area contributed by atoms with E-state index >= 15 is 0 Å². The van der Waals surface area contributed by atoms with Gasteiger partial charge in [-0.3, -0.25) is 9.59 Å². The minimum Gasteiger partial charge on any atom is -0.336 e. The number of hydrogen-bond acceptors (Lipinski definition) is 2. The second-order valence-electron chi connectivity index (χ2n) is 5.49. The first-order valence-corrected chi connectivity index (χ1v) is 9.14. The van der Waals surface area contributed by atoms with Crippen molar-refractivity contribution in [3.05, 3.63) is 62.5 Å². The van der Waals surface area contributed by atoms with Gasteiger partial charge in [-0.1, -0.05) is 47.5 Å². The molecule has 4 nitrogen and oxygen atoms in total. The van der Waals surface area contributed by atoms with Crippen molar-refractivity contribution < 1.29 is 9.59 Å². The zero-order valence-electron chi connectivity index (χ0n) is 13.6. The number of rotatable bonds is 6. The van der Waals surface area contributed by atoms with Gasteiger partial charge >= 0.3 is 0 Å². The topological polar surface area (TPSA) is 49.4 Å². The van der Waals surface area contributed by atoms with Crippen molar-refractivity contribution in [1.82, 2.24) is 4.90 Å². The summed E-state index contributed by atoms with van der Waals surface area (Å²) < 4.78 is 0.785. The van der Waals surface area contributed by atoms with Gasteiger partial charge in [0.25, 0.3) is 0 Å². The largest absolute Gasteiger partial charge is 0.336 e. The normalized spacial score (nSPS) is 10.4. The van der Waals surface area contributed by atoms with Gasteiger partial charge in [0.05, 0.1) is 22.3 Å². The number of carbonyl (C=O) groups is 2. The molecule has 132 valence electrons. The SMILES string of the molecule is CN(CC(=O)Nc1ccccc1Br)C(=O)CCc1cccc(Cl)c1Cl. The Balaban J connectivity index is 1.86. The molecule has 0 bridgehead atoms. The molecule has 2 aromatic carbocycles. The summed E-state index contributed by atoms with van der Waals surface area (Å²) in [6, 6.07) is 12.6. The predicted octanol–water partition coefficient (Wildman–Crippen LogP) is 4.79. The Kier molecular flexibility index (Phi) is 7.29. The van der Waals surface area contributed by atoms with Crippen molar-refractivity contribution in [3.63, 3.8) is 0 Å². The smallest absolute Gasteiger partial charge is 0.244 e. The minimum atomic E-state index is -0.261. The number of carbonyl (C=O) groups excluding carboxylic acids is 2. The molecule has 0 saturated carbocycles. The number of halogens is 3. The number of benzene rings is 2. The summed E-state index contributed by atoms with van der Waals surface area (Å²) >= 11 is 15.5. The fourth-order valence-corrected chi connectivity index (χ4v) is 3.03. The summed E-state index contributed by atoms with van der Waals surface area (Å²) in [5.74, 6) is -0.401. The van der Waals surface area contributed by atoms with Gasteiger partial charge in [0.15, 0.2) is 0 Å². The van der Waals surface area contributed by atoms with Gasteiger partial charge in [-0.25, -0.2) is 0 Å². The van der Waals surface area contributed by atoms with Crippen LogP contribution in [0.25, 0.3) is 0 Å². The van der Waals surface area contributed by atoms with Gasteiger partial charge in [-0.05, 0) is 46.1 Å². The molecule has 0 aromatic heterocycles. The number of nitrogens with zero attached hydrogens (tertiary/aromatic N) is 1. The van der Waals surface area contributed by atoms with Gasteiger partial charge < -0.3 is 10.2 Å². The zero-order valence-corrected chi connectivity index (χ0v) is 16.7. The van der Waals surface area contributed by atoms with Crippen LogP contribution in [0.3, 0.4) is 0 Å². The average molecular weight is 444 g/mol. The number of amides is 2. The van der Waals surface area contributed by atoms with Crippen LogP contribution >= 0.6 is 39.1 Å². The maximum atomic E-state index is 12.2. The van der Waals surface area contributed by atoms with Crippen molar-refractivity contribution in [2.75, 3.05) is 18.9 Å². The molecule has 0 atom stereocenters. The third kappa shape index (κ3) is 5.73. The highest BCUT2D eigenvalue weighted by Gasteiger charge is 2.15. The molecule has 1 N–H and O–H groups in total. The first-order chi connectivity index (χ1) is 11.9. The lowest BCUT2D eigenvalue weighted by Gasteiger charge is -2.17. The van der Waals surface area contributed by atoms with Crippen LogP contribution in [-0.4, -0.2) is 30.3 Å². The number of likely N-dealkylation sites (N-methyl/N-ethyl adjacent to an activating group) is 1. The molecule has 0 aliphatic heterocycles. The lowest BCUT2D eigenvalue weighted by Crippen LogP contribution is -2.35. The van der Waals surface area contributed by atoms with Gasteiger partial charge in [-0.2, -0.15) is 0 Å². The van der Waals surface area contributed by atoms with Crippen molar-refractivity contribution in [2.24, 2.45) is 0 Å². The first kappa shape index (κ1) is 19.8. The minimum absolute atomic E-state index is 0.0244. The van der Waals surface area contributed by atoms with Crippen LogP contribution < -0.4 is 5.32 Å². The molecule has 0 radical (unpaired) electrons. The molecule has 2 amide bonds. The van der Waals surface area contributed by atoms with Crippen molar-refractivity contribution in [1.29, 1.82) is 0 Å². The Morgan fingerprint density at radius 3 is 2.56 bits per heavy atom. The second-order valence-corrected chi connectivity index (χ2v) is 7.13. The Morgan fingerprint density at radius 2 is 1.84 bits per heavy atom. The van der Waals surface area contributed by atoms with Gasteiger partial charge in [-0.15, -0.1) is 0 Å². The summed E-state index contributed by atoms with van der Waals surface area (Å²) in [4.78, 5) is 25.7. The van der Waals surface area contributed by atoms with Gasteiger partial charge in [0.1, 0.15) is 0 Å². The van der Waals surface area contributed by atoms with E-state index in [0.717, 1.165) is 10.0 Å². The molecule has 0 spiro atoms. The summed E-state index contributed by atoms with van der Waals surface area (Å²) in [5, 5.41) is 3.70. The Bertz CT molecular complexity index is 783. The molecule has 2 aromatic rings. The van der Waals surface area contributed by atoms with Crippen LogP contribution in [0.15, 0.2) is 46.9 Å². The maximum absolute atomic E-state index is 12.2. The standard InChI is InChI=1S/C18H17BrCl2N2O2/c1-23(11-16(24)22-15-8-3-2-6-13(15)19)17(25)10-9-12-5-4-7-14(20)18(12)21/h2-8H,9-11H2,1H3,(H,22,24). The van der Waals surface area contributed by atoms with Crippen LogP contribution in [-0.2, 0) is 16.0 Å². The van der Waals surface area contributed by atoms with Crippen molar-refractivity contribution in [2.45, 2.75) is 12.8 Å². The molecule has 0 heterocycles. The molecule has 25 heavy (non-hydrogen) atoms. The summed E-state index contributed by atoms with van der Waals surface area (Å²) in [6.45, 7) is -0.0244. The van der Waals surface area contributed by atoms with Gasteiger partial charge in [0.2, 0.25) is 11.8 Å². The highest BCUT2D eigenvalue weighted by molar-refractivity contribution is 9.10. The highest BCUT2D eigenvalue weighted by atomic mass is 79.9. The van der Waals surface area contributed by atoms with Crippen LogP contribution in [0, 0.1) is 0 Å². The van der Waals surface area contributed by atoms with Crippen LogP contribution in [0.4, 0.5) is 5.69 Å². The van der Waals surface area contributed by atoms with Crippen LogP contribution in [0.2, 0.25) is 10.0 Å². The Labute approximate surface area is 165 Å². The highest BCUT2D eigenvalue weighted by Crippen LogP contribution is 2.26. The van der Waals surface area contributed by atoms with E-state index in [-0.39, 0.29) is 24.8 Å². The van der Waals surface area contributed by atoms with E-state index in [1.165, 1.54) is 4.90 Å². The quantitative estimate of drug-likeness (QED) is 0.697. The molecular weight excluding hydrogens is 427 g/mol. The molecule has 0 aliphatic carbocycles. The van der Waals surface area contributed by atoms with Crippen molar-refractivity contribution >= 4 is 56.6 Å². The van der Waals surface area contributed by atoms with Crippen LogP contribution in [0.1, 0.15) is 12.0 Å². The van der Waals surface area contributed by atoms with E-state index < -0.39 is 0 Å². The van der Waals surface area contributed by atoms with E-state index in [9.17, 15) is 9.59 Å². The number of hydrogen-bond donors (Lipinski definition) is 1. The predicted molar refractivity (Wildman–Crippen MR) is 105 cm³/mol. The monoisotopic (exact) mass is 442 g/mol. The molecule has 0 saturated heterocycles. The van der Waals surface area contributed by atoms with E-state index in [1.807, 2.05) is 24.3 Å². The first-order valence-electron chi connectivity index (χ1n) is 7.59. The van der Waals surface area contributed by atoms with E-state index in [4.69, 9.17) is 23.2 Å². The molecule has 2 rings (SSSR count). The molecule has 0 unspecified atom stereocenters. The summed E-state index contributed by atoms with van der Waals surface area (Å²) in [5.41, 5.74) is 1.48. The molecule has 0 fully saturated rings. The fourth-order valence-electron chi connectivity index (χ4n) is 2.23. The lowest BCUT2D eigenvalue weighted by molar-refractivity contribution is -0.133. The molecule has 0 aliphatic rings. The van der Waals surface area contributed by atoms with E-state index in [0.29, 0.717) is 22.2 Å². The van der Waals surface area contributed by atoms with E-state index in [2.05, 4.69) is 21.2 Å². The fraction of sp³-hybridized carbons (Fsp3) is 0.222. The summed E-state index contributed by atoms with van der Waals surface area (Å²) in [7, 11) is 1.60. The lowest BCUT2D eigenvalue weighted by atomic mass is 10.1. The Morgan fingerprint density at radius 1 is 1.12 bits per heavy atom. The Hall–Kier alpha value is -1.56. The van der Waals surface area contributed by atoms with Gasteiger partial charge in [0, 0.05) is 17.9 Å². The average Bonchev–Trinajstić information content (AvgIpc) is 2.58. The number of aryl methyl sites for hydroxylation is 1. The molecule has 7 heteroatoms. The third-order valence-electron chi connectivity index (χ3n) is 3.59.